The Kier molecular flexibility index (Phi) is 12.7. The van der Waals surface area contributed by atoms with Crippen molar-refractivity contribution in [1.82, 2.24) is 10.2 Å². The Morgan fingerprint density at radius 1 is 0.907 bits per heavy atom. The molecule has 0 radical (unpaired) electrons. The number of piperidine rings is 1. The van der Waals surface area contributed by atoms with Crippen molar-refractivity contribution in [2.75, 3.05) is 31.6 Å². The lowest BCUT2D eigenvalue weighted by molar-refractivity contribution is -0.146. The molecule has 1 N–H and O–H groups in total. The lowest BCUT2D eigenvalue weighted by Crippen LogP contribution is -2.45. The molecule has 3 aromatic rings. The zero-order valence-corrected chi connectivity index (χ0v) is 26.3. The van der Waals surface area contributed by atoms with E-state index < -0.39 is 6.10 Å². The first-order valence-corrected chi connectivity index (χ1v) is 16.1. The number of nitrogens with one attached hydrogen (secondary N) is 1. The summed E-state index contributed by atoms with van der Waals surface area (Å²) in [7, 11) is 1.81. The van der Waals surface area contributed by atoms with Crippen LogP contribution in [-0.2, 0) is 22.6 Å². The Balaban J connectivity index is 1.62. The molecule has 0 aromatic heterocycles. The molecule has 3 amide bonds. The summed E-state index contributed by atoms with van der Waals surface area (Å²) in [4.78, 5) is 31.1. The Morgan fingerprint density at radius 2 is 1.58 bits per heavy atom. The predicted molar refractivity (Wildman–Crippen MR) is 176 cm³/mol. The number of ether oxygens (including phenoxy) is 1. The van der Waals surface area contributed by atoms with Crippen LogP contribution in [0.4, 0.5) is 10.5 Å². The van der Waals surface area contributed by atoms with Gasteiger partial charge < -0.3 is 15.0 Å². The highest BCUT2D eigenvalue weighted by Crippen LogP contribution is 2.33. The van der Waals surface area contributed by atoms with Crippen LogP contribution in [0.1, 0.15) is 69.9 Å². The van der Waals surface area contributed by atoms with Crippen LogP contribution in [0.2, 0.25) is 0 Å². The standard InChI is InChI=1S/C37H49N3O3/c1-4-5-6-7-14-24-38-37(42)39(3)34-21-15-20-32(31-18-12-9-13-19-31)33(34)27-35(43-28-30-16-10-8-11-17-30)36(41)40-25-22-29(2)23-26-40/h8-13,15-21,29,35H,4-7,14,22-28H2,1-3H3,(H,38,42). The van der Waals surface area contributed by atoms with E-state index in [1.165, 1.54) is 19.3 Å². The van der Waals surface area contributed by atoms with E-state index >= 15 is 0 Å². The third-order valence-electron chi connectivity index (χ3n) is 8.51. The van der Waals surface area contributed by atoms with Crippen LogP contribution >= 0.6 is 0 Å². The summed E-state index contributed by atoms with van der Waals surface area (Å²) in [5.74, 6) is 0.646. The topological polar surface area (TPSA) is 61.9 Å². The van der Waals surface area contributed by atoms with E-state index in [2.05, 4.69) is 37.4 Å². The molecule has 1 atom stereocenters. The SMILES string of the molecule is CCCCCCCNC(=O)N(C)c1cccc(-c2ccccc2)c1CC(OCc1ccccc1)C(=O)N1CCC(C)CC1. The van der Waals surface area contributed by atoms with Crippen molar-refractivity contribution in [3.05, 3.63) is 90.0 Å². The number of benzene rings is 3. The van der Waals surface area contributed by atoms with Crippen LogP contribution in [0.15, 0.2) is 78.9 Å². The van der Waals surface area contributed by atoms with Crippen molar-refractivity contribution in [2.45, 2.75) is 77.9 Å². The van der Waals surface area contributed by atoms with Crippen molar-refractivity contribution in [2.24, 2.45) is 5.92 Å². The monoisotopic (exact) mass is 583 g/mol. The van der Waals surface area contributed by atoms with Gasteiger partial charge in [0.1, 0.15) is 6.10 Å². The summed E-state index contributed by atoms with van der Waals surface area (Å²) in [6.45, 7) is 6.95. The number of carbonyl (C=O) groups is 2. The fourth-order valence-electron chi connectivity index (χ4n) is 5.75. The second kappa shape index (κ2) is 16.9. The number of amides is 3. The zero-order valence-electron chi connectivity index (χ0n) is 26.3. The average Bonchev–Trinajstić information content (AvgIpc) is 3.05. The Bertz CT molecular complexity index is 1270. The lowest BCUT2D eigenvalue weighted by atomic mass is 9.92. The molecule has 43 heavy (non-hydrogen) atoms. The van der Waals surface area contributed by atoms with E-state index in [0.29, 0.717) is 25.5 Å². The van der Waals surface area contributed by atoms with Gasteiger partial charge in [-0.1, -0.05) is 112 Å². The minimum Gasteiger partial charge on any atom is -0.363 e. The van der Waals surface area contributed by atoms with E-state index in [1.54, 1.807) is 4.90 Å². The minimum atomic E-state index is -0.674. The maximum Gasteiger partial charge on any atom is 0.321 e. The Hall–Kier alpha value is -3.64. The smallest absolute Gasteiger partial charge is 0.321 e. The fraction of sp³-hybridized carbons (Fsp3) is 0.459. The zero-order chi connectivity index (χ0) is 30.4. The molecule has 1 fully saturated rings. The Morgan fingerprint density at radius 3 is 2.28 bits per heavy atom. The van der Waals surface area contributed by atoms with Crippen molar-refractivity contribution >= 4 is 17.6 Å². The first-order chi connectivity index (χ1) is 21.0. The second-order valence-corrected chi connectivity index (χ2v) is 11.9. The molecule has 4 rings (SSSR count). The average molecular weight is 584 g/mol. The molecule has 1 saturated heterocycles. The lowest BCUT2D eigenvalue weighted by Gasteiger charge is -2.33. The summed E-state index contributed by atoms with van der Waals surface area (Å²) < 4.78 is 6.46. The molecule has 1 aliphatic rings. The molecule has 0 spiro atoms. The van der Waals surface area contributed by atoms with Crippen LogP contribution in [0.5, 0.6) is 0 Å². The fourth-order valence-corrected chi connectivity index (χ4v) is 5.75. The highest BCUT2D eigenvalue weighted by Gasteiger charge is 2.30. The van der Waals surface area contributed by atoms with Gasteiger partial charge in [-0.3, -0.25) is 9.69 Å². The first-order valence-electron chi connectivity index (χ1n) is 16.1. The van der Waals surface area contributed by atoms with Gasteiger partial charge in [-0.25, -0.2) is 4.79 Å². The number of anilines is 1. The van der Waals surface area contributed by atoms with Gasteiger partial charge in [-0.15, -0.1) is 0 Å². The normalized spacial score (nSPS) is 14.3. The largest absolute Gasteiger partial charge is 0.363 e. The number of urea groups is 1. The molecule has 1 aliphatic heterocycles. The highest BCUT2D eigenvalue weighted by atomic mass is 16.5. The highest BCUT2D eigenvalue weighted by molar-refractivity contribution is 5.94. The molecular weight excluding hydrogens is 534 g/mol. The number of hydrogen-bond donors (Lipinski definition) is 1. The van der Waals surface area contributed by atoms with Gasteiger partial charge in [-0.05, 0) is 53.5 Å². The van der Waals surface area contributed by atoms with Crippen LogP contribution < -0.4 is 10.2 Å². The molecular formula is C37H49N3O3. The third-order valence-corrected chi connectivity index (χ3v) is 8.51. The first kappa shape index (κ1) is 32.3. The van der Waals surface area contributed by atoms with Crippen molar-refractivity contribution in [3.63, 3.8) is 0 Å². The maximum absolute atomic E-state index is 14.1. The summed E-state index contributed by atoms with van der Waals surface area (Å²) >= 11 is 0. The summed E-state index contributed by atoms with van der Waals surface area (Å²) in [5, 5.41) is 3.10. The van der Waals surface area contributed by atoms with E-state index in [1.807, 2.05) is 72.6 Å². The predicted octanol–water partition coefficient (Wildman–Crippen LogP) is 7.86. The van der Waals surface area contributed by atoms with Gasteiger partial charge in [0.15, 0.2) is 0 Å². The maximum atomic E-state index is 14.1. The van der Waals surface area contributed by atoms with Crippen molar-refractivity contribution in [3.8, 4) is 11.1 Å². The second-order valence-electron chi connectivity index (χ2n) is 11.9. The molecule has 6 heteroatoms. The molecule has 6 nitrogen and oxygen atoms in total. The van der Waals surface area contributed by atoms with Crippen LogP contribution in [0.3, 0.4) is 0 Å². The molecule has 1 heterocycles. The van der Waals surface area contributed by atoms with Gasteiger partial charge in [0.05, 0.1) is 6.61 Å². The molecule has 0 aliphatic carbocycles. The number of nitrogens with zero attached hydrogens (tertiary/aromatic N) is 2. The number of unbranched alkanes of at least 4 members (excludes halogenated alkanes) is 4. The van der Waals surface area contributed by atoms with E-state index in [4.69, 9.17) is 4.74 Å². The van der Waals surface area contributed by atoms with E-state index in [9.17, 15) is 9.59 Å². The Labute approximate surface area is 258 Å². The van der Waals surface area contributed by atoms with Crippen molar-refractivity contribution in [1.29, 1.82) is 0 Å². The minimum absolute atomic E-state index is 0.0239. The van der Waals surface area contributed by atoms with Gasteiger partial charge in [0.2, 0.25) is 0 Å². The number of likely N-dealkylation sites (tertiary alicyclic amines) is 1. The van der Waals surface area contributed by atoms with Gasteiger partial charge in [0.25, 0.3) is 5.91 Å². The number of carbonyl (C=O) groups excluding carboxylic acids is 2. The van der Waals surface area contributed by atoms with Crippen molar-refractivity contribution < 1.29 is 14.3 Å². The summed E-state index contributed by atoms with van der Waals surface area (Å²) in [6.07, 6.45) is 7.41. The van der Waals surface area contributed by atoms with Crippen LogP contribution in [0.25, 0.3) is 11.1 Å². The van der Waals surface area contributed by atoms with Crippen LogP contribution in [-0.4, -0.2) is 49.6 Å². The van der Waals surface area contributed by atoms with E-state index in [0.717, 1.165) is 66.7 Å². The summed E-state index contributed by atoms with van der Waals surface area (Å²) in [6, 6.07) is 26.1. The van der Waals surface area contributed by atoms with E-state index in [-0.39, 0.29) is 11.9 Å². The quantitative estimate of drug-likeness (QED) is 0.197. The number of hydrogen-bond acceptors (Lipinski definition) is 3. The number of rotatable bonds is 14. The molecule has 230 valence electrons. The van der Waals surface area contributed by atoms with Gasteiger partial charge in [0, 0.05) is 38.8 Å². The van der Waals surface area contributed by atoms with Gasteiger partial charge >= 0.3 is 6.03 Å². The van der Waals surface area contributed by atoms with Crippen LogP contribution in [0, 0.1) is 5.92 Å². The molecule has 0 saturated carbocycles. The summed E-state index contributed by atoms with van der Waals surface area (Å²) in [5.41, 5.74) is 4.81. The van der Waals surface area contributed by atoms with Gasteiger partial charge in [-0.2, -0.15) is 0 Å². The molecule has 1 unspecified atom stereocenters. The molecule has 3 aromatic carbocycles. The third kappa shape index (κ3) is 9.42. The molecule has 0 bridgehead atoms.